The molecule has 2 aromatic carbocycles. The van der Waals surface area contributed by atoms with Gasteiger partial charge >= 0.3 is 0 Å². The van der Waals surface area contributed by atoms with Gasteiger partial charge in [-0.3, -0.25) is 0 Å². The predicted molar refractivity (Wildman–Crippen MR) is 91.7 cm³/mol. The first-order chi connectivity index (χ1) is 9.50. The van der Waals surface area contributed by atoms with Gasteiger partial charge < -0.3 is 15.5 Å². The van der Waals surface area contributed by atoms with Gasteiger partial charge in [0.25, 0.3) is 0 Å². The normalized spacial score (nSPS) is 11.0. The molecule has 0 aliphatic carbocycles. The molecule has 0 radical (unpaired) electrons. The molecule has 0 aliphatic rings. The van der Waals surface area contributed by atoms with Crippen LogP contribution < -0.4 is 10.6 Å². The Kier molecular flexibility index (Phi) is 4.57. The Balaban J connectivity index is 2.45. The Morgan fingerprint density at radius 2 is 1.65 bits per heavy atom. The average Bonchev–Trinajstić information content (AvgIpc) is 2.43. The van der Waals surface area contributed by atoms with Gasteiger partial charge in [-0.25, -0.2) is 0 Å². The topological polar surface area (TPSA) is 32.5 Å². The van der Waals surface area contributed by atoms with Crippen LogP contribution in [0.2, 0.25) is 0 Å². The number of hydrogen-bond acceptors (Lipinski definition) is 3. The highest BCUT2D eigenvalue weighted by atomic mass is 32.1. The van der Waals surface area contributed by atoms with E-state index in [0.29, 0.717) is 4.99 Å². The quantitative estimate of drug-likeness (QED) is 0.856. The number of hydrogen-bond donors (Lipinski definition) is 1. The molecule has 106 valence electrons. The Hall–Kier alpha value is -1.65. The number of benzene rings is 2. The first-order valence-corrected chi connectivity index (χ1v) is 7.09. The third-order valence-corrected chi connectivity index (χ3v) is 3.68. The van der Waals surface area contributed by atoms with Crippen molar-refractivity contribution in [2.75, 3.05) is 39.1 Å². The highest BCUT2D eigenvalue weighted by Gasteiger charge is 2.10. The maximum atomic E-state index is 5.82. The molecule has 0 amide bonds. The van der Waals surface area contributed by atoms with Crippen molar-refractivity contribution in [2.45, 2.75) is 0 Å². The zero-order valence-corrected chi connectivity index (χ0v) is 13.1. The molecule has 0 aromatic heterocycles. The number of anilines is 1. The molecule has 2 N–H and O–H groups in total. The smallest absolute Gasteiger partial charge is 0.104 e. The van der Waals surface area contributed by atoms with Crippen LogP contribution in [0, 0.1) is 0 Å². The molecule has 0 saturated carbocycles. The summed E-state index contributed by atoms with van der Waals surface area (Å²) in [5.41, 5.74) is 7.97. The minimum Gasteiger partial charge on any atom is -0.389 e. The summed E-state index contributed by atoms with van der Waals surface area (Å²) in [6.07, 6.45) is 0. The van der Waals surface area contributed by atoms with Crippen LogP contribution in [0.1, 0.15) is 5.56 Å². The fourth-order valence-electron chi connectivity index (χ4n) is 2.30. The third-order valence-electron chi connectivity index (χ3n) is 3.46. The molecule has 0 fully saturated rings. The summed E-state index contributed by atoms with van der Waals surface area (Å²) < 4.78 is 0. The summed E-state index contributed by atoms with van der Waals surface area (Å²) >= 11 is 5.14. The first kappa shape index (κ1) is 14.8. The number of likely N-dealkylation sites (N-methyl/N-ethyl adjacent to an activating group) is 2. The fraction of sp³-hybridized carbons (Fsp3) is 0.312. The largest absolute Gasteiger partial charge is 0.389 e. The Labute approximate surface area is 126 Å². The van der Waals surface area contributed by atoms with E-state index in [9.17, 15) is 0 Å². The van der Waals surface area contributed by atoms with Crippen molar-refractivity contribution in [3.63, 3.8) is 0 Å². The van der Waals surface area contributed by atoms with E-state index in [-0.39, 0.29) is 0 Å². The lowest BCUT2D eigenvalue weighted by molar-refractivity contribution is 0.416. The van der Waals surface area contributed by atoms with Gasteiger partial charge in [-0.1, -0.05) is 36.5 Å². The molecular weight excluding hydrogens is 266 g/mol. The molecule has 4 heteroatoms. The number of rotatable bonds is 5. The van der Waals surface area contributed by atoms with Crippen molar-refractivity contribution in [3.8, 4) is 0 Å². The second kappa shape index (κ2) is 6.20. The molecule has 0 unspecified atom stereocenters. The van der Waals surface area contributed by atoms with Gasteiger partial charge in [0, 0.05) is 36.8 Å². The Morgan fingerprint density at radius 3 is 2.25 bits per heavy atom. The Bertz CT molecular complexity index is 622. The molecule has 2 aromatic rings. The first-order valence-electron chi connectivity index (χ1n) is 6.68. The van der Waals surface area contributed by atoms with Crippen molar-refractivity contribution in [1.29, 1.82) is 0 Å². The minimum atomic E-state index is 0.448. The van der Waals surface area contributed by atoms with Gasteiger partial charge in [0.05, 0.1) is 0 Å². The van der Waals surface area contributed by atoms with Crippen molar-refractivity contribution < 1.29 is 0 Å². The highest BCUT2D eigenvalue weighted by Crippen LogP contribution is 2.28. The number of thiocarbonyl (C=S) groups is 1. The second-order valence-electron chi connectivity index (χ2n) is 5.27. The lowest BCUT2D eigenvalue weighted by Gasteiger charge is -2.23. The van der Waals surface area contributed by atoms with Crippen molar-refractivity contribution >= 4 is 33.7 Å². The zero-order chi connectivity index (χ0) is 14.7. The lowest BCUT2D eigenvalue weighted by Crippen LogP contribution is -2.28. The van der Waals surface area contributed by atoms with Crippen LogP contribution in [0.15, 0.2) is 36.4 Å². The fourth-order valence-corrected chi connectivity index (χ4v) is 2.48. The monoisotopic (exact) mass is 287 g/mol. The van der Waals surface area contributed by atoms with Crippen LogP contribution in [-0.2, 0) is 0 Å². The molecule has 3 nitrogen and oxygen atoms in total. The molecular formula is C16H21N3S. The van der Waals surface area contributed by atoms with E-state index < -0.39 is 0 Å². The van der Waals surface area contributed by atoms with Gasteiger partial charge in [-0.05, 0) is 31.6 Å². The van der Waals surface area contributed by atoms with Crippen LogP contribution in [0.3, 0.4) is 0 Å². The summed E-state index contributed by atoms with van der Waals surface area (Å²) in [6.45, 7) is 1.99. The van der Waals surface area contributed by atoms with Gasteiger partial charge in [0.2, 0.25) is 0 Å². The van der Waals surface area contributed by atoms with E-state index in [1.165, 1.54) is 11.1 Å². The summed E-state index contributed by atoms with van der Waals surface area (Å²) in [5, 5.41) is 2.31. The van der Waals surface area contributed by atoms with Gasteiger partial charge in [0.15, 0.2) is 0 Å². The van der Waals surface area contributed by atoms with E-state index in [2.05, 4.69) is 55.2 Å². The van der Waals surface area contributed by atoms with E-state index in [1.54, 1.807) is 0 Å². The van der Waals surface area contributed by atoms with E-state index in [0.717, 1.165) is 24.0 Å². The average molecular weight is 287 g/mol. The Morgan fingerprint density at radius 1 is 1.00 bits per heavy atom. The SMILES string of the molecule is CN(C)CCN(C)c1ccc(C(N)=S)c2ccccc12. The number of fused-ring (bicyclic) bond motifs is 1. The molecule has 0 heterocycles. The molecule has 0 aliphatic heterocycles. The van der Waals surface area contributed by atoms with E-state index in [1.807, 2.05) is 12.1 Å². The third kappa shape index (κ3) is 3.08. The highest BCUT2D eigenvalue weighted by molar-refractivity contribution is 7.80. The maximum Gasteiger partial charge on any atom is 0.104 e. The van der Waals surface area contributed by atoms with E-state index >= 15 is 0 Å². The van der Waals surface area contributed by atoms with Crippen LogP contribution in [0.25, 0.3) is 10.8 Å². The molecule has 0 atom stereocenters. The van der Waals surface area contributed by atoms with Crippen LogP contribution in [0.5, 0.6) is 0 Å². The lowest BCUT2D eigenvalue weighted by atomic mass is 10.0. The zero-order valence-electron chi connectivity index (χ0n) is 12.3. The van der Waals surface area contributed by atoms with Crippen molar-refractivity contribution in [1.82, 2.24) is 4.90 Å². The summed E-state index contributed by atoms with van der Waals surface area (Å²) in [7, 11) is 6.29. The summed E-state index contributed by atoms with van der Waals surface area (Å²) in [4.78, 5) is 4.90. The second-order valence-corrected chi connectivity index (χ2v) is 5.71. The van der Waals surface area contributed by atoms with Crippen molar-refractivity contribution in [2.24, 2.45) is 5.73 Å². The molecule has 0 bridgehead atoms. The maximum absolute atomic E-state index is 5.82. The molecule has 2 rings (SSSR count). The number of nitrogens with two attached hydrogens (primary N) is 1. The van der Waals surface area contributed by atoms with E-state index in [4.69, 9.17) is 18.0 Å². The standard InChI is InChI=1S/C16H21N3S/c1-18(2)10-11-19(3)15-9-8-14(16(17)20)12-6-4-5-7-13(12)15/h4-9H,10-11H2,1-3H3,(H2,17,20). The van der Waals surface area contributed by atoms with Crippen LogP contribution in [-0.4, -0.2) is 44.1 Å². The number of nitrogens with zero attached hydrogens (tertiary/aromatic N) is 2. The molecule has 20 heavy (non-hydrogen) atoms. The molecule has 0 saturated heterocycles. The van der Waals surface area contributed by atoms with Gasteiger partial charge in [-0.2, -0.15) is 0 Å². The van der Waals surface area contributed by atoms with Crippen LogP contribution in [0.4, 0.5) is 5.69 Å². The van der Waals surface area contributed by atoms with Gasteiger partial charge in [0.1, 0.15) is 4.99 Å². The summed E-state index contributed by atoms with van der Waals surface area (Å²) in [5.74, 6) is 0. The van der Waals surface area contributed by atoms with Gasteiger partial charge in [-0.15, -0.1) is 0 Å². The van der Waals surface area contributed by atoms with Crippen molar-refractivity contribution in [3.05, 3.63) is 42.0 Å². The summed E-state index contributed by atoms with van der Waals surface area (Å²) in [6, 6.07) is 12.4. The van der Waals surface area contributed by atoms with Crippen LogP contribution >= 0.6 is 12.2 Å². The minimum absolute atomic E-state index is 0.448. The predicted octanol–water partition coefficient (Wildman–Crippen LogP) is 2.47. The molecule has 0 spiro atoms.